The van der Waals surface area contributed by atoms with Gasteiger partial charge in [0.05, 0.1) is 12.8 Å². The number of rotatable bonds is 2. The molecule has 0 radical (unpaired) electrons. The predicted octanol–water partition coefficient (Wildman–Crippen LogP) is 0.685. The number of carbonyl (C=O) groups excluding carboxylic acids is 1. The summed E-state index contributed by atoms with van der Waals surface area (Å²) >= 11 is 0. The number of hydrogen-bond donors (Lipinski definition) is 0. The van der Waals surface area contributed by atoms with Crippen molar-refractivity contribution in [2.75, 3.05) is 30.8 Å². The van der Waals surface area contributed by atoms with Gasteiger partial charge in [-0.15, -0.1) is 0 Å². The number of anilines is 1. The molecular formula is C12H16N2O3S. The third-order valence-electron chi connectivity index (χ3n) is 2.94. The quantitative estimate of drug-likeness (QED) is 0.792. The molecule has 6 heteroatoms. The molecular weight excluding hydrogens is 252 g/mol. The lowest BCUT2D eigenvalue weighted by Crippen LogP contribution is -2.38. The van der Waals surface area contributed by atoms with E-state index in [0.717, 1.165) is 11.9 Å². The predicted molar refractivity (Wildman–Crippen MR) is 69.8 cm³/mol. The summed E-state index contributed by atoms with van der Waals surface area (Å²) in [5, 5.41) is 0. The lowest BCUT2D eigenvalue weighted by Gasteiger charge is -2.20. The molecule has 0 bridgehead atoms. The first kappa shape index (κ1) is 13.0. The first-order chi connectivity index (χ1) is 8.48. The third kappa shape index (κ3) is 2.88. The van der Waals surface area contributed by atoms with Crippen molar-refractivity contribution in [1.82, 2.24) is 4.31 Å². The molecule has 1 aliphatic heterocycles. The molecule has 5 nitrogen and oxygen atoms in total. The smallest absolute Gasteiger partial charge is 0.242 e. The van der Waals surface area contributed by atoms with Gasteiger partial charge in [-0.05, 0) is 18.6 Å². The van der Waals surface area contributed by atoms with Gasteiger partial charge < -0.3 is 4.90 Å². The van der Waals surface area contributed by atoms with E-state index in [9.17, 15) is 13.2 Å². The maximum Gasteiger partial charge on any atom is 0.242 e. The van der Waals surface area contributed by atoms with Crippen molar-refractivity contribution in [2.24, 2.45) is 0 Å². The standard InChI is InChI=1S/C12H16N2O3S/c1-18(16,17)13-8-5-9-14(12(15)10-13)11-6-3-2-4-7-11/h2-4,6-7H,5,8-10H2,1H3. The van der Waals surface area contributed by atoms with Crippen molar-refractivity contribution >= 4 is 21.6 Å². The molecule has 1 aromatic rings. The van der Waals surface area contributed by atoms with E-state index < -0.39 is 10.0 Å². The molecule has 1 aliphatic rings. The highest BCUT2D eigenvalue weighted by Crippen LogP contribution is 2.17. The summed E-state index contributed by atoms with van der Waals surface area (Å²) in [5.41, 5.74) is 0.817. The summed E-state index contributed by atoms with van der Waals surface area (Å²) < 4.78 is 24.2. The molecule has 0 atom stereocenters. The van der Waals surface area contributed by atoms with Crippen LogP contribution in [0.15, 0.2) is 30.3 Å². The van der Waals surface area contributed by atoms with E-state index in [2.05, 4.69) is 0 Å². The van der Waals surface area contributed by atoms with Crippen molar-refractivity contribution in [2.45, 2.75) is 6.42 Å². The second kappa shape index (κ2) is 5.07. The van der Waals surface area contributed by atoms with Gasteiger partial charge in [0.1, 0.15) is 0 Å². The van der Waals surface area contributed by atoms with Gasteiger partial charge >= 0.3 is 0 Å². The molecule has 0 unspecified atom stereocenters. The van der Waals surface area contributed by atoms with Crippen molar-refractivity contribution < 1.29 is 13.2 Å². The van der Waals surface area contributed by atoms with Crippen LogP contribution in [0.25, 0.3) is 0 Å². The molecule has 1 aromatic carbocycles. The van der Waals surface area contributed by atoms with Crippen molar-refractivity contribution in [3.63, 3.8) is 0 Å². The van der Waals surface area contributed by atoms with E-state index in [1.165, 1.54) is 4.31 Å². The molecule has 18 heavy (non-hydrogen) atoms. The molecule has 98 valence electrons. The SMILES string of the molecule is CS(=O)(=O)N1CCCN(c2ccccc2)C(=O)C1. The van der Waals surface area contributed by atoms with Gasteiger partial charge in [0.15, 0.2) is 0 Å². The largest absolute Gasteiger partial charge is 0.311 e. The Balaban J connectivity index is 2.20. The number of benzene rings is 1. The number of sulfonamides is 1. The van der Waals surface area contributed by atoms with Crippen LogP contribution in [0.2, 0.25) is 0 Å². The molecule has 0 aliphatic carbocycles. The van der Waals surface area contributed by atoms with Crippen LogP contribution in [-0.4, -0.2) is 44.5 Å². The fraction of sp³-hybridized carbons (Fsp3) is 0.417. The molecule has 0 aromatic heterocycles. The highest BCUT2D eigenvalue weighted by molar-refractivity contribution is 7.88. The molecule has 2 rings (SSSR count). The van der Waals surface area contributed by atoms with E-state index in [1.54, 1.807) is 4.90 Å². The topological polar surface area (TPSA) is 57.7 Å². The number of nitrogens with zero attached hydrogens (tertiary/aromatic N) is 2. The van der Waals surface area contributed by atoms with Gasteiger partial charge in [-0.1, -0.05) is 18.2 Å². The van der Waals surface area contributed by atoms with Gasteiger partial charge in [-0.2, -0.15) is 4.31 Å². The number of carbonyl (C=O) groups is 1. The molecule has 0 spiro atoms. The maximum atomic E-state index is 12.1. The Labute approximate surface area is 107 Å². The fourth-order valence-electron chi connectivity index (χ4n) is 2.01. The molecule has 0 saturated carbocycles. The maximum absolute atomic E-state index is 12.1. The van der Waals surface area contributed by atoms with Crippen LogP contribution in [0.3, 0.4) is 0 Å². The minimum atomic E-state index is -3.30. The average Bonchev–Trinajstić information content (AvgIpc) is 2.51. The minimum Gasteiger partial charge on any atom is -0.311 e. The Hall–Kier alpha value is -1.40. The number of amides is 1. The summed E-state index contributed by atoms with van der Waals surface area (Å²) in [5.74, 6) is -0.177. The van der Waals surface area contributed by atoms with Crippen LogP contribution in [0, 0.1) is 0 Å². The summed E-state index contributed by atoms with van der Waals surface area (Å²) in [6, 6.07) is 9.32. The van der Waals surface area contributed by atoms with Crippen LogP contribution in [0.5, 0.6) is 0 Å². The fourth-order valence-corrected chi connectivity index (χ4v) is 2.81. The molecule has 1 heterocycles. The van der Waals surface area contributed by atoms with E-state index in [-0.39, 0.29) is 12.5 Å². The third-order valence-corrected chi connectivity index (χ3v) is 4.19. The highest BCUT2D eigenvalue weighted by atomic mass is 32.2. The normalized spacial score (nSPS) is 18.7. The number of hydrogen-bond acceptors (Lipinski definition) is 3. The molecule has 1 amide bonds. The lowest BCUT2D eigenvalue weighted by atomic mass is 10.2. The van der Waals surface area contributed by atoms with Crippen molar-refractivity contribution in [1.29, 1.82) is 0 Å². The Morgan fingerprint density at radius 3 is 2.39 bits per heavy atom. The van der Waals surface area contributed by atoms with Crippen LogP contribution >= 0.6 is 0 Å². The van der Waals surface area contributed by atoms with E-state index in [0.29, 0.717) is 19.5 Å². The van der Waals surface area contributed by atoms with Gasteiger partial charge in [-0.25, -0.2) is 8.42 Å². The molecule has 1 fully saturated rings. The lowest BCUT2D eigenvalue weighted by molar-refractivity contribution is -0.118. The van der Waals surface area contributed by atoms with E-state index in [1.807, 2.05) is 30.3 Å². The van der Waals surface area contributed by atoms with Crippen LogP contribution < -0.4 is 4.90 Å². The number of para-hydroxylation sites is 1. The van der Waals surface area contributed by atoms with Gasteiger partial charge in [0.2, 0.25) is 15.9 Å². The van der Waals surface area contributed by atoms with Crippen LogP contribution in [0.4, 0.5) is 5.69 Å². The summed E-state index contributed by atoms with van der Waals surface area (Å²) in [7, 11) is -3.30. The first-order valence-corrected chi connectivity index (χ1v) is 7.64. The van der Waals surface area contributed by atoms with Crippen LogP contribution in [-0.2, 0) is 14.8 Å². The summed E-state index contributed by atoms with van der Waals surface area (Å²) in [4.78, 5) is 13.7. The van der Waals surface area contributed by atoms with Gasteiger partial charge in [-0.3, -0.25) is 4.79 Å². The average molecular weight is 268 g/mol. The summed E-state index contributed by atoms with van der Waals surface area (Å²) in [6.07, 6.45) is 1.78. The Bertz CT molecular complexity index is 528. The van der Waals surface area contributed by atoms with Crippen LogP contribution in [0.1, 0.15) is 6.42 Å². The van der Waals surface area contributed by atoms with Crippen molar-refractivity contribution in [3.8, 4) is 0 Å². The summed E-state index contributed by atoms with van der Waals surface area (Å²) in [6.45, 7) is 0.872. The zero-order valence-electron chi connectivity index (χ0n) is 10.2. The minimum absolute atomic E-state index is 0.0757. The Kier molecular flexibility index (Phi) is 3.68. The Morgan fingerprint density at radius 1 is 1.11 bits per heavy atom. The molecule has 1 saturated heterocycles. The van der Waals surface area contributed by atoms with E-state index >= 15 is 0 Å². The van der Waals surface area contributed by atoms with Gasteiger partial charge in [0.25, 0.3) is 0 Å². The second-order valence-corrected chi connectivity index (χ2v) is 6.31. The Morgan fingerprint density at radius 2 is 1.78 bits per heavy atom. The monoisotopic (exact) mass is 268 g/mol. The highest BCUT2D eigenvalue weighted by Gasteiger charge is 2.27. The van der Waals surface area contributed by atoms with E-state index in [4.69, 9.17) is 0 Å². The zero-order valence-corrected chi connectivity index (χ0v) is 11.1. The van der Waals surface area contributed by atoms with Gasteiger partial charge in [0, 0.05) is 18.8 Å². The second-order valence-electron chi connectivity index (χ2n) is 4.33. The first-order valence-electron chi connectivity index (χ1n) is 5.79. The molecule has 0 N–H and O–H groups in total. The van der Waals surface area contributed by atoms with Crippen molar-refractivity contribution in [3.05, 3.63) is 30.3 Å². The zero-order chi connectivity index (χ0) is 13.2.